The molecule has 0 unspecified atom stereocenters. The molecule has 0 aromatic heterocycles. The molecule has 0 aromatic rings. The number of hydrogen-bond acceptors (Lipinski definition) is 3. The number of carbonyl (C=O) groups is 2. The van der Waals surface area contributed by atoms with E-state index < -0.39 is 5.97 Å². The molecule has 4 heteroatoms. The van der Waals surface area contributed by atoms with Crippen LogP contribution in [0.4, 0.5) is 0 Å². The smallest absolute Gasteiger partial charge is 0.305 e. The zero-order valence-electron chi connectivity index (χ0n) is 32.1. The third kappa shape index (κ3) is 42.4. The highest BCUT2D eigenvalue weighted by molar-refractivity contribution is 5.69. The molecule has 0 saturated carbocycles. The lowest BCUT2D eigenvalue weighted by Crippen LogP contribution is -2.05. The van der Waals surface area contributed by atoms with Gasteiger partial charge in [-0.15, -0.1) is 0 Å². The summed E-state index contributed by atoms with van der Waals surface area (Å²) in [6.45, 7) is 2.86. The summed E-state index contributed by atoms with van der Waals surface area (Å²) in [6.07, 6.45) is 53.6. The molecule has 0 atom stereocenters. The Morgan fingerprint density at radius 2 is 0.750 bits per heavy atom. The minimum atomic E-state index is -0.657. The van der Waals surface area contributed by atoms with Gasteiger partial charge in [0, 0.05) is 12.8 Å². The van der Waals surface area contributed by atoms with E-state index in [0.29, 0.717) is 19.4 Å². The first-order valence-corrected chi connectivity index (χ1v) is 21.3. The van der Waals surface area contributed by atoms with E-state index in [-0.39, 0.29) is 5.97 Å². The lowest BCUT2D eigenvalue weighted by molar-refractivity contribution is -0.144. The predicted octanol–water partition coefficient (Wildman–Crippen LogP) is 14.8. The van der Waals surface area contributed by atoms with E-state index in [1.54, 1.807) is 0 Å². The highest BCUT2D eigenvalue weighted by Gasteiger charge is 2.03. The molecule has 48 heavy (non-hydrogen) atoms. The lowest BCUT2D eigenvalue weighted by atomic mass is 10.0. The number of rotatable bonds is 40. The number of aliphatic carboxylic acids is 1. The van der Waals surface area contributed by atoms with Crippen LogP contribution in [-0.2, 0) is 14.3 Å². The molecule has 0 saturated heterocycles. The van der Waals surface area contributed by atoms with Crippen LogP contribution in [0.5, 0.6) is 0 Å². The Hall–Kier alpha value is -1.58. The van der Waals surface area contributed by atoms with Crippen molar-refractivity contribution in [3.63, 3.8) is 0 Å². The minimum absolute atomic E-state index is 0.00260. The van der Waals surface area contributed by atoms with E-state index in [0.717, 1.165) is 38.5 Å². The number of carboxylic acids is 1. The predicted molar refractivity (Wildman–Crippen MR) is 209 cm³/mol. The van der Waals surface area contributed by atoms with Crippen molar-refractivity contribution < 1.29 is 19.4 Å². The fourth-order valence-corrected chi connectivity index (χ4v) is 6.43. The molecule has 282 valence electrons. The van der Waals surface area contributed by atoms with Gasteiger partial charge < -0.3 is 9.84 Å². The normalized spacial score (nSPS) is 11.7. The molecule has 0 aromatic carbocycles. The van der Waals surface area contributed by atoms with Crippen molar-refractivity contribution in [2.24, 2.45) is 0 Å². The van der Waals surface area contributed by atoms with Gasteiger partial charge in [0.05, 0.1) is 6.61 Å². The van der Waals surface area contributed by atoms with Crippen LogP contribution in [0.2, 0.25) is 0 Å². The molecule has 0 amide bonds. The van der Waals surface area contributed by atoms with Gasteiger partial charge in [0.1, 0.15) is 0 Å². The summed E-state index contributed by atoms with van der Waals surface area (Å²) >= 11 is 0. The first-order chi connectivity index (χ1) is 23.7. The summed E-state index contributed by atoms with van der Waals surface area (Å²) in [5.41, 5.74) is 0. The third-order valence-electron chi connectivity index (χ3n) is 9.63. The first kappa shape index (κ1) is 46.4. The van der Waals surface area contributed by atoms with Crippen molar-refractivity contribution >= 4 is 11.9 Å². The van der Waals surface area contributed by atoms with E-state index in [1.165, 1.54) is 180 Å². The summed E-state index contributed by atoms with van der Waals surface area (Å²) in [5, 5.41) is 8.65. The molecule has 0 heterocycles. The molecule has 0 aliphatic heterocycles. The molecule has 0 aliphatic rings. The molecule has 0 fully saturated rings. The maximum Gasteiger partial charge on any atom is 0.305 e. The van der Waals surface area contributed by atoms with Crippen LogP contribution >= 0.6 is 0 Å². The maximum atomic E-state index is 12.0. The largest absolute Gasteiger partial charge is 0.481 e. The van der Waals surface area contributed by atoms with Crippen LogP contribution in [-0.4, -0.2) is 23.7 Å². The summed E-state index contributed by atoms with van der Waals surface area (Å²) in [5.74, 6) is -0.655. The first-order valence-electron chi connectivity index (χ1n) is 21.3. The van der Waals surface area contributed by atoms with Crippen molar-refractivity contribution in [2.75, 3.05) is 6.61 Å². The molecule has 4 nitrogen and oxygen atoms in total. The van der Waals surface area contributed by atoms with Crippen LogP contribution in [0, 0.1) is 0 Å². The Labute approximate surface area is 299 Å². The SMILES string of the molecule is CCCCC/C=C\C/C=C\CCCCCCCC(=O)OCCCCCCCCCCCCCCCCCCCCCCCCCC(=O)O. The highest BCUT2D eigenvalue weighted by Crippen LogP contribution is 2.16. The fourth-order valence-electron chi connectivity index (χ4n) is 6.43. The Kier molecular flexibility index (Phi) is 40.2. The van der Waals surface area contributed by atoms with Gasteiger partial charge in [-0.3, -0.25) is 9.59 Å². The molecule has 1 N–H and O–H groups in total. The van der Waals surface area contributed by atoms with Gasteiger partial charge in [-0.05, 0) is 51.4 Å². The second kappa shape index (κ2) is 41.6. The number of carbonyl (C=O) groups excluding carboxylic acids is 1. The Morgan fingerprint density at radius 3 is 1.15 bits per heavy atom. The minimum Gasteiger partial charge on any atom is -0.481 e. The Morgan fingerprint density at radius 1 is 0.417 bits per heavy atom. The monoisotopic (exact) mass is 675 g/mol. The maximum absolute atomic E-state index is 12.0. The third-order valence-corrected chi connectivity index (χ3v) is 9.63. The average molecular weight is 675 g/mol. The average Bonchev–Trinajstić information content (AvgIpc) is 3.08. The second-order valence-electron chi connectivity index (χ2n) is 14.5. The van der Waals surface area contributed by atoms with E-state index in [4.69, 9.17) is 9.84 Å². The van der Waals surface area contributed by atoms with Crippen molar-refractivity contribution in [1.29, 1.82) is 0 Å². The molecular weight excluding hydrogens is 592 g/mol. The van der Waals surface area contributed by atoms with Crippen molar-refractivity contribution in [2.45, 2.75) is 238 Å². The van der Waals surface area contributed by atoms with Crippen LogP contribution in [0.1, 0.15) is 238 Å². The number of esters is 1. The molecular formula is C44H82O4. The zero-order chi connectivity index (χ0) is 34.9. The molecule has 0 rings (SSSR count). The van der Waals surface area contributed by atoms with Crippen molar-refractivity contribution in [3.8, 4) is 0 Å². The van der Waals surface area contributed by atoms with Crippen LogP contribution in [0.25, 0.3) is 0 Å². The van der Waals surface area contributed by atoms with E-state index >= 15 is 0 Å². The van der Waals surface area contributed by atoms with Gasteiger partial charge in [0.15, 0.2) is 0 Å². The van der Waals surface area contributed by atoms with Crippen molar-refractivity contribution in [3.05, 3.63) is 24.3 Å². The van der Waals surface area contributed by atoms with Gasteiger partial charge in [-0.1, -0.05) is 198 Å². The molecule has 0 bridgehead atoms. The number of hydrogen-bond donors (Lipinski definition) is 1. The lowest BCUT2D eigenvalue weighted by Gasteiger charge is -2.06. The van der Waals surface area contributed by atoms with Crippen LogP contribution in [0.3, 0.4) is 0 Å². The number of unbranched alkanes of at least 4 members (excludes halogenated alkanes) is 30. The van der Waals surface area contributed by atoms with Crippen LogP contribution < -0.4 is 0 Å². The fraction of sp³-hybridized carbons (Fsp3) is 0.864. The van der Waals surface area contributed by atoms with Gasteiger partial charge in [-0.25, -0.2) is 0 Å². The number of allylic oxidation sites excluding steroid dienone is 4. The number of carboxylic acid groups (broad SMARTS) is 1. The Balaban J connectivity index is 3.19. The summed E-state index contributed by atoms with van der Waals surface area (Å²) in [4.78, 5) is 22.5. The summed E-state index contributed by atoms with van der Waals surface area (Å²) < 4.78 is 5.45. The van der Waals surface area contributed by atoms with E-state index in [9.17, 15) is 9.59 Å². The molecule has 0 aliphatic carbocycles. The second-order valence-corrected chi connectivity index (χ2v) is 14.5. The number of ether oxygens (including phenoxy) is 1. The van der Waals surface area contributed by atoms with Gasteiger partial charge in [0.25, 0.3) is 0 Å². The summed E-state index contributed by atoms with van der Waals surface area (Å²) in [6, 6.07) is 0. The standard InChI is InChI=1S/C44H82O4/c1-2-3-4-5-6-7-8-9-19-23-26-29-32-35-38-41-44(47)48-42-39-36-33-30-27-24-21-18-16-14-12-10-11-13-15-17-20-22-25-28-31-34-37-40-43(45)46/h6-7,9,19H,2-5,8,10-18,20-42H2,1H3,(H,45,46)/b7-6-,19-9-. The molecule has 0 spiro atoms. The van der Waals surface area contributed by atoms with Crippen molar-refractivity contribution in [1.82, 2.24) is 0 Å². The summed E-state index contributed by atoms with van der Waals surface area (Å²) in [7, 11) is 0. The zero-order valence-corrected chi connectivity index (χ0v) is 32.1. The Bertz CT molecular complexity index is 713. The van der Waals surface area contributed by atoms with Gasteiger partial charge >= 0.3 is 11.9 Å². The quantitative estimate of drug-likeness (QED) is 0.0399. The van der Waals surface area contributed by atoms with E-state index in [1.807, 2.05) is 0 Å². The van der Waals surface area contributed by atoms with Gasteiger partial charge in [0.2, 0.25) is 0 Å². The van der Waals surface area contributed by atoms with Crippen LogP contribution in [0.15, 0.2) is 24.3 Å². The molecule has 0 radical (unpaired) electrons. The highest BCUT2D eigenvalue weighted by atomic mass is 16.5. The van der Waals surface area contributed by atoms with Gasteiger partial charge in [-0.2, -0.15) is 0 Å². The topological polar surface area (TPSA) is 63.6 Å². The van der Waals surface area contributed by atoms with E-state index in [2.05, 4.69) is 31.2 Å².